The lowest BCUT2D eigenvalue weighted by atomic mass is 10.1. The molecule has 6 nitrogen and oxygen atoms in total. The normalized spacial score (nSPS) is 12.1. The Hall–Kier alpha value is -2.31. The topological polar surface area (TPSA) is 86.9 Å². The van der Waals surface area contributed by atoms with E-state index in [9.17, 15) is 13.4 Å². The third-order valence-corrected chi connectivity index (χ3v) is 6.66. The zero-order valence-corrected chi connectivity index (χ0v) is 16.2. The Bertz CT molecular complexity index is 1010. The fourth-order valence-electron chi connectivity index (χ4n) is 2.59. The highest BCUT2D eigenvalue weighted by molar-refractivity contribution is 8.46. The van der Waals surface area contributed by atoms with Gasteiger partial charge in [-0.2, -0.15) is 0 Å². The number of halogens is 1. The van der Waals surface area contributed by atoms with Crippen molar-refractivity contribution in [3.8, 4) is 0 Å². The number of carbonyl (C=O) groups excluding carboxylic acids is 1. The van der Waals surface area contributed by atoms with Gasteiger partial charge >= 0.3 is 0 Å². The van der Waals surface area contributed by atoms with Gasteiger partial charge in [0.2, 0.25) is 0 Å². The Morgan fingerprint density at radius 1 is 1.38 bits per heavy atom. The van der Waals surface area contributed by atoms with Crippen molar-refractivity contribution in [2.24, 2.45) is 0 Å². The van der Waals surface area contributed by atoms with Gasteiger partial charge in [-0.1, -0.05) is 13.0 Å². The van der Waals surface area contributed by atoms with Crippen LogP contribution in [0.5, 0.6) is 0 Å². The lowest BCUT2D eigenvalue weighted by molar-refractivity contribution is 0.102. The maximum Gasteiger partial charge on any atom is 0.258 e. The molecule has 0 saturated heterocycles. The van der Waals surface area contributed by atoms with Crippen molar-refractivity contribution in [1.82, 2.24) is 9.97 Å². The second-order valence-electron chi connectivity index (χ2n) is 5.89. The molecule has 0 saturated carbocycles. The number of nitrogens with zero attached hydrogens (tertiary/aromatic N) is 1. The molecule has 0 bridgehead atoms. The molecule has 138 valence electrons. The van der Waals surface area contributed by atoms with E-state index in [2.05, 4.69) is 28.4 Å². The molecular formula is C17H20FN4O2PS. The maximum atomic E-state index is 14.7. The summed E-state index contributed by atoms with van der Waals surface area (Å²) in [5, 5.41) is 3.47. The third-order valence-electron chi connectivity index (χ3n) is 3.77. The first-order valence-electron chi connectivity index (χ1n) is 8.08. The van der Waals surface area contributed by atoms with Crippen molar-refractivity contribution in [1.29, 1.82) is 0 Å². The fourth-order valence-corrected chi connectivity index (χ4v) is 5.14. The van der Waals surface area contributed by atoms with Gasteiger partial charge in [-0.3, -0.25) is 9.00 Å². The van der Waals surface area contributed by atoms with E-state index in [0.717, 1.165) is 5.39 Å². The Balaban J connectivity index is 1.83. The molecule has 1 atom stereocenters. The van der Waals surface area contributed by atoms with Gasteiger partial charge in [-0.15, -0.1) is 0 Å². The molecule has 0 aliphatic rings. The zero-order valence-electron chi connectivity index (χ0n) is 14.1. The predicted molar refractivity (Wildman–Crippen MR) is 108 cm³/mol. The minimum Gasteiger partial charge on any atom is -0.346 e. The highest BCUT2D eigenvalue weighted by Crippen LogP contribution is 2.25. The lowest BCUT2D eigenvalue weighted by Gasteiger charge is -2.21. The average Bonchev–Trinajstić information content (AvgIpc) is 3.04. The number of hydrogen-bond donors (Lipinski definition) is 4. The predicted octanol–water partition coefficient (Wildman–Crippen LogP) is 3.50. The summed E-state index contributed by atoms with van der Waals surface area (Å²) in [6.45, 7) is 1.90. The monoisotopic (exact) mass is 394 g/mol. The molecule has 1 unspecified atom stereocenters. The molecule has 0 radical (unpaired) electrons. The third kappa shape index (κ3) is 4.08. The molecule has 3 aromatic rings. The van der Waals surface area contributed by atoms with E-state index in [1.165, 1.54) is 18.3 Å². The molecule has 2 heterocycles. The molecule has 26 heavy (non-hydrogen) atoms. The Morgan fingerprint density at radius 3 is 2.96 bits per heavy atom. The smallest absolute Gasteiger partial charge is 0.258 e. The fraction of sp³-hybridized carbons (Fsp3) is 0.176. The number of amides is 1. The Kier molecular flexibility index (Phi) is 5.34. The average molecular weight is 394 g/mol. The van der Waals surface area contributed by atoms with Crippen LogP contribution in [0.15, 0.2) is 42.7 Å². The van der Waals surface area contributed by atoms with E-state index in [4.69, 9.17) is 0 Å². The van der Waals surface area contributed by atoms with E-state index in [0.29, 0.717) is 23.5 Å². The van der Waals surface area contributed by atoms with E-state index in [1.54, 1.807) is 18.3 Å². The van der Waals surface area contributed by atoms with Gasteiger partial charge in [0.15, 0.2) is 5.82 Å². The summed E-state index contributed by atoms with van der Waals surface area (Å²) in [6.07, 6.45) is 3.94. The quantitative estimate of drug-likeness (QED) is 0.381. The van der Waals surface area contributed by atoms with Gasteiger partial charge < -0.3 is 15.0 Å². The van der Waals surface area contributed by atoms with Gasteiger partial charge in [-0.05, 0) is 48.9 Å². The van der Waals surface area contributed by atoms with Gasteiger partial charge in [-0.25, -0.2) is 9.37 Å². The molecule has 0 fully saturated rings. The van der Waals surface area contributed by atoms with Crippen LogP contribution in [0, 0.1) is 5.82 Å². The molecule has 2 aromatic heterocycles. The first-order valence-corrected chi connectivity index (χ1v) is 11.6. The number of carbonyl (C=O) groups is 1. The molecule has 0 aliphatic heterocycles. The van der Waals surface area contributed by atoms with Crippen LogP contribution >= 0.6 is 8.44 Å². The van der Waals surface area contributed by atoms with E-state index in [-0.39, 0.29) is 11.3 Å². The molecule has 9 heteroatoms. The highest BCUT2D eigenvalue weighted by atomic mass is 32.8. The lowest BCUT2D eigenvalue weighted by Crippen LogP contribution is -2.20. The summed E-state index contributed by atoms with van der Waals surface area (Å²) in [6, 6.07) is 7.96. The number of hydrogen-bond acceptors (Lipinski definition) is 3. The van der Waals surface area contributed by atoms with Crippen LogP contribution in [0.1, 0.15) is 23.7 Å². The molecule has 3 N–H and O–H groups in total. The van der Waals surface area contributed by atoms with Crippen LogP contribution in [0.3, 0.4) is 0 Å². The molecule has 1 amide bonds. The van der Waals surface area contributed by atoms with Gasteiger partial charge in [0.1, 0.15) is 5.65 Å². The summed E-state index contributed by atoms with van der Waals surface area (Å²) in [7, 11) is -0.541. The molecule has 1 aromatic carbocycles. The number of H-pyrrole nitrogens is 1. The number of rotatable bonds is 6. The molecule has 0 aliphatic carbocycles. The first-order chi connectivity index (χ1) is 12.4. The van der Waals surface area contributed by atoms with Crippen LogP contribution < -0.4 is 10.0 Å². The zero-order chi connectivity index (χ0) is 18.7. The van der Waals surface area contributed by atoms with E-state index >= 15 is 0 Å². The second-order valence-corrected chi connectivity index (χ2v) is 10.7. The summed E-state index contributed by atoms with van der Waals surface area (Å²) in [5.41, 5.74) is 1.07. The van der Waals surface area contributed by atoms with E-state index in [1.807, 2.05) is 13.0 Å². The van der Waals surface area contributed by atoms with Gasteiger partial charge in [0.25, 0.3) is 5.91 Å². The Labute approximate surface area is 153 Å². The standard InChI is InChI=1S/C17H20FN4O2PS/c1-2-8-26(24,25)22-14-5-3-4-13(15(14)18)17(23)21-12-9-11-6-7-19-16(11)20-10-12/h3-7,9-10,26H,2,8,25H2,1H3,(H,19,20)(H,21,23)(H,22,24). The maximum absolute atomic E-state index is 14.7. The summed E-state index contributed by atoms with van der Waals surface area (Å²) < 4.78 is 29.8. The van der Waals surface area contributed by atoms with Crippen molar-refractivity contribution < 1.29 is 13.4 Å². The number of aromatic amines is 1. The largest absolute Gasteiger partial charge is 0.346 e. The number of thiol groups is 1. The molecule has 0 spiro atoms. The van der Waals surface area contributed by atoms with Crippen molar-refractivity contribution in [2.45, 2.75) is 13.3 Å². The van der Waals surface area contributed by atoms with Crippen molar-refractivity contribution in [3.05, 3.63) is 54.1 Å². The number of nitrogens with one attached hydrogen (secondary N) is 3. The van der Waals surface area contributed by atoms with Crippen LogP contribution in [-0.2, 0) is 9.74 Å². The van der Waals surface area contributed by atoms with Crippen molar-refractivity contribution in [3.63, 3.8) is 0 Å². The van der Waals surface area contributed by atoms with E-state index < -0.39 is 21.5 Å². The van der Waals surface area contributed by atoms with Gasteiger partial charge in [0.05, 0.1) is 23.1 Å². The minimum absolute atomic E-state index is 0.0450. The summed E-state index contributed by atoms with van der Waals surface area (Å²) in [5.74, 6) is -0.924. The number of aromatic nitrogens is 2. The number of anilines is 2. The highest BCUT2D eigenvalue weighted by Gasteiger charge is 2.18. The second kappa shape index (κ2) is 7.51. The van der Waals surface area contributed by atoms with Crippen molar-refractivity contribution >= 4 is 46.5 Å². The minimum atomic E-state index is -2.80. The van der Waals surface area contributed by atoms with Crippen molar-refractivity contribution in [2.75, 3.05) is 15.8 Å². The SMILES string of the molecule is CCC[SH](=O)(P)Nc1cccc(C(=O)Nc2cnc3[nH]ccc3c2)c1F. The number of benzene rings is 1. The summed E-state index contributed by atoms with van der Waals surface area (Å²) >= 11 is 0. The van der Waals surface area contributed by atoms with Gasteiger partial charge in [0, 0.05) is 17.3 Å². The van der Waals surface area contributed by atoms with Crippen LogP contribution in [-0.4, -0.2) is 25.8 Å². The van der Waals surface area contributed by atoms with Crippen LogP contribution in [0.2, 0.25) is 0 Å². The molecule has 3 rings (SSSR count). The Morgan fingerprint density at radius 2 is 2.19 bits per heavy atom. The molecular weight excluding hydrogens is 374 g/mol. The number of pyridine rings is 1. The van der Waals surface area contributed by atoms with Crippen LogP contribution in [0.25, 0.3) is 11.0 Å². The number of fused-ring (bicyclic) bond motifs is 1. The summed E-state index contributed by atoms with van der Waals surface area (Å²) in [4.78, 5) is 19.6. The van der Waals surface area contributed by atoms with Crippen LogP contribution in [0.4, 0.5) is 15.8 Å². The first kappa shape index (κ1) is 18.5.